The molecule has 2 amide bonds. The molecule has 12 heteroatoms. The van der Waals surface area contributed by atoms with Crippen LogP contribution in [0.1, 0.15) is 38.3 Å². The molecule has 1 atom stereocenters. The number of anilines is 1. The number of carbonyl (C=O) groups excluding carboxylic acids is 3. The third-order valence-electron chi connectivity index (χ3n) is 5.95. The second-order valence-corrected chi connectivity index (χ2v) is 10.4. The van der Waals surface area contributed by atoms with Gasteiger partial charge < -0.3 is 15.0 Å². The zero-order valence-corrected chi connectivity index (χ0v) is 22.1. The van der Waals surface area contributed by atoms with Gasteiger partial charge in [0.2, 0.25) is 5.91 Å². The molecule has 10 nitrogen and oxygen atoms in total. The standard InChI is InChI=1S/C24H27N5O5S2/c1-5-34-18(30)12-16-21(31)25-8-10-27(16)20-15(11-17-23(33)29(13(2)3)24(35)36-17)22(32)28-9-6-7-14(4)19(28)26-20/h6-7,9,11,13,16H,5,8,10,12H2,1-4H3,(H,25,31)/b17-11-. The first kappa shape index (κ1) is 25.8. The molecule has 190 valence electrons. The molecule has 0 bridgehead atoms. The van der Waals surface area contributed by atoms with Crippen molar-refractivity contribution in [2.75, 3.05) is 24.6 Å². The van der Waals surface area contributed by atoms with Crippen LogP contribution in [-0.2, 0) is 19.1 Å². The number of carbonyl (C=O) groups is 3. The Morgan fingerprint density at radius 1 is 1.36 bits per heavy atom. The van der Waals surface area contributed by atoms with Crippen molar-refractivity contribution in [1.29, 1.82) is 0 Å². The minimum Gasteiger partial charge on any atom is -0.466 e. The zero-order valence-electron chi connectivity index (χ0n) is 20.4. The van der Waals surface area contributed by atoms with Crippen molar-refractivity contribution < 1.29 is 19.1 Å². The molecule has 4 rings (SSSR count). The van der Waals surface area contributed by atoms with E-state index in [4.69, 9.17) is 21.9 Å². The molecule has 2 aliphatic heterocycles. The van der Waals surface area contributed by atoms with E-state index in [1.807, 2.05) is 26.8 Å². The highest BCUT2D eigenvalue weighted by Crippen LogP contribution is 2.35. The summed E-state index contributed by atoms with van der Waals surface area (Å²) in [4.78, 5) is 60.2. The minimum atomic E-state index is -0.923. The fourth-order valence-corrected chi connectivity index (χ4v) is 5.76. The van der Waals surface area contributed by atoms with Crippen LogP contribution >= 0.6 is 24.0 Å². The van der Waals surface area contributed by atoms with Crippen molar-refractivity contribution >= 4 is 63.6 Å². The number of aromatic nitrogens is 2. The number of nitrogens with one attached hydrogen (secondary N) is 1. The van der Waals surface area contributed by atoms with Gasteiger partial charge in [0.25, 0.3) is 11.5 Å². The largest absolute Gasteiger partial charge is 0.466 e. The smallest absolute Gasteiger partial charge is 0.308 e. The Labute approximate surface area is 217 Å². The predicted octanol–water partition coefficient (Wildman–Crippen LogP) is 1.87. The molecule has 2 aromatic heterocycles. The number of thiocarbonyl (C=S) groups is 1. The summed E-state index contributed by atoms with van der Waals surface area (Å²) in [6.45, 7) is 8.06. The highest BCUT2D eigenvalue weighted by Gasteiger charge is 2.37. The number of aryl methyl sites for hydroxylation is 1. The molecular weight excluding hydrogens is 502 g/mol. The topological polar surface area (TPSA) is 113 Å². The molecule has 0 spiro atoms. The van der Waals surface area contributed by atoms with E-state index >= 15 is 0 Å². The summed E-state index contributed by atoms with van der Waals surface area (Å²) in [6, 6.07) is 2.51. The molecule has 2 aliphatic rings. The monoisotopic (exact) mass is 529 g/mol. The van der Waals surface area contributed by atoms with Gasteiger partial charge in [0, 0.05) is 25.3 Å². The van der Waals surface area contributed by atoms with Crippen molar-refractivity contribution in [3.8, 4) is 0 Å². The van der Waals surface area contributed by atoms with Crippen molar-refractivity contribution in [3.63, 3.8) is 0 Å². The van der Waals surface area contributed by atoms with E-state index in [0.717, 1.165) is 17.3 Å². The summed E-state index contributed by atoms with van der Waals surface area (Å²) in [5.41, 5.74) is 0.933. The molecule has 2 aromatic rings. The molecule has 4 heterocycles. The number of nitrogens with zero attached hydrogens (tertiary/aromatic N) is 4. The molecular formula is C24H27N5O5S2. The third kappa shape index (κ3) is 4.74. The Bertz CT molecular complexity index is 1350. The number of amides is 2. The van der Waals surface area contributed by atoms with Gasteiger partial charge in [-0.15, -0.1) is 0 Å². The number of rotatable bonds is 6. The fourth-order valence-electron chi connectivity index (χ4n) is 4.25. The maximum atomic E-state index is 13.7. The van der Waals surface area contributed by atoms with Crippen LogP contribution in [0.2, 0.25) is 0 Å². The van der Waals surface area contributed by atoms with Crippen molar-refractivity contribution in [1.82, 2.24) is 19.6 Å². The van der Waals surface area contributed by atoms with E-state index in [1.54, 1.807) is 24.1 Å². The average Bonchev–Trinajstić information content (AvgIpc) is 3.10. The molecule has 1 N–H and O–H groups in total. The van der Waals surface area contributed by atoms with Crippen molar-refractivity contribution in [2.24, 2.45) is 0 Å². The molecule has 0 saturated carbocycles. The number of ether oxygens (including phenoxy) is 1. The number of esters is 1. The van der Waals surface area contributed by atoms with E-state index in [-0.39, 0.29) is 42.3 Å². The summed E-state index contributed by atoms with van der Waals surface area (Å²) in [6.07, 6.45) is 2.90. The zero-order chi connectivity index (χ0) is 26.1. The van der Waals surface area contributed by atoms with Crippen LogP contribution in [0, 0.1) is 6.92 Å². The normalized spacial score (nSPS) is 19.5. The number of hydrogen-bond acceptors (Lipinski definition) is 9. The molecule has 0 aromatic carbocycles. The number of piperazine rings is 1. The Kier molecular flexibility index (Phi) is 7.46. The Balaban J connectivity index is 1.91. The lowest BCUT2D eigenvalue weighted by Crippen LogP contribution is -2.57. The van der Waals surface area contributed by atoms with Crippen LogP contribution in [-0.4, -0.2) is 68.2 Å². The van der Waals surface area contributed by atoms with Gasteiger partial charge in [-0.1, -0.05) is 30.0 Å². The highest BCUT2D eigenvalue weighted by atomic mass is 32.2. The van der Waals surface area contributed by atoms with Gasteiger partial charge in [0.15, 0.2) is 0 Å². The van der Waals surface area contributed by atoms with Crippen LogP contribution in [0.25, 0.3) is 11.7 Å². The minimum absolute atomic E-state index is 0.138. The molecule has 1 unspecified atom stereocenters. The molecule has 2 saturated heterocycles. The predicted molar refractivity (Wildman–Crippen MR) is 142 cm³/mol. The SMILES string of the molecule is CCOC(=O)CC1C(=O)NCCN1c1nc2c(C)cccn2c(=O)c1/C=C1\SC(=S)N(C(C)C)C1=O. The summed E-state index contributed by atoms with van der Waals surface area (Å²) in [5, 5.41) is 2.77. The number of fused-ring (bicyclic) bond motifs is 1. The lowest BCUT2D eigenvalue weighted by atomic mass is 10.1. The lowest BCUT2D eigenvalue weighted by molar-refractivity contribution is -0.145. The molecule has 0 radical (unpaired) electrons. The van der Waals surface area contributed by atoms with Crippen LogP contribution in [0.4, 0.5) is 5.82 Å². The van der Waals surface area contributed by atoms with E-state index in [2.05, 4.69) is 5.32 Å². The van der Waals surface area contributed by atoms with E-state index in [0.29, 0.717) is 28.0 Å². The summed E-state index contributed by atoms with van der Waals surface area (Å²) < 4.78 is 6.90. The van der Waals surface area contributed by atoms with Gasteiger partial charge in [0.1, 0.15) is 21.8 Å². The van der Waals surface area contributed by atoms with E-state index in [9.17, 15) is 19.2 Å². The third-order valence-corrected chi connectivity index (χ3v) is 7.28. The number of pyridine rings is 1. The van der Waals surface area contributed by atoms with Crippen LogP contribution < -0.4 is 15.8 Å². The quantitative estimate of drug-likeness (QED) is 0.340. The van der Waals surface area contributed by atoms with Crippen LogP contribution in [0.3, 0.4) is 0 Å². The first-order valence-corrected chi connectivity index (χ1v) is 12.9. The summed E-state index contributed by atoms with van der Waals surface area (Å²) in [7, 11) is 0. The Morgan fingerprint density at radius 2 is 2.11 bits per heavy atom. The molecule has 0 aliphatic carbocycles. The maximum Gasteiger partial charge on any atom is 0.308 e. The molecule has 36 heavy (non-hydrogen) atoms. The van der Waals surface area contributed by atoms with Gasteiger partial charge in [0.05, 0.1) is 23.5 Å². The van der Waals surface area contributed by atoms with Gasteiger partial charge >= 0.3 is 5.97 Å². The summed E-state index contributed by atoms with van der Waals surface area (Å²) in [5.74, 6) is -0.955. The van der Waals surface area contributed by atoms with Gasteiger partial charge in [-0.2, -0.15) is 0 Å². The first-order valence-electron chi connectivity index (χ1n) is 11.6. The fraction of sp³-hybridized carbons (Fsp3) is 0.417. The van der Waals surface area contributed by atoms with Crippen LogP contribution in [0.15, 0.2) is 28.0 Å². The van der Waals surface area contributed by atoms with E-state index in [1.165, 1.54) is 15.4 Å². The first-order chi connectivity index (χ1) is 17.1. The highest BCUT2D eigenvalue weighted by molar-refractivity contribution is 8.26. The van der Waals surface area contributed by atoms with E-state index < -0.39 is 17.6 Å². The summed E-state index contributed by atoms with van der Waals surface area (Å²) >= 11 is 6.51. The second-order valence-electron chi connectivity index (χ2n) is 8.69. The Hall–Kier alpha value is -3.25. The molecule has 2 fully saturated rings. The van der Waals surface area contributed by atoms with Crippen molar-refractivity contribution in [2.45, 2.75) is 46.2 Å². The van der Waals surface area contributed by atoms with Gasteiger partial charge in [-0.3, -0.25) is 28.5 Å². The Morgan fingerprint density at radius 3 is 2.78 bits per heavy atom. The average molecular weight is 530 g/mol. The van der Waals surface area contributed by atoms with Gasteiger partial charge in [-0.05, 0) is 45.4 Å². The lowest BCUT2D eigenvalue weighted by Gasteiger charge is -2.36. The van der Waals surface area contributed by atoms with Gasteiger partial charge in [-0.25, -0.2) is 4.98 Å². The maximum absolute atomic E-state index is 13.7. The number of thioether (sulfide) groups is 1. The van der Waals surface area contributed by atoms with Crippen molar-refractivity contribution in [3.05, 3.63) is 44.7 Å². The number of hydrogen-bond donors (Lipinski definition) is 1. The van der Waals surface area contributed by atoms with Crippen LogP contribution in [0.5, 0.6) is 0 Å². The second kappa shape index (κ2) is 10.4.